The van der Waals surface area contributed by atoms with Crippen LogP contribution in [0, 0.1) is 0 Å². The van der Waals surface area contributed by atoms with Gasteiger partial charge in [-0.3, -0.25) is 0 Å². The van der Waals surface area contributed by atoms with E-state index in [2.05, 4.69) is 22.8 Å². The van der Waals surface area contributed by atoms with Crippen molar-refractivity contribution in [2.45, 2.75) is 18.9 Å². The molecule has 0 saturated carbocycles. The number of ether oxygens (including phenoxy) is 1. The number of hydrogen-bond acceptors (Lipinski definition) is 3. The van der Waals surface area contributed by atoms with Gasteiger partial charge in [-0.05, 0) is 24.4 Å². The molecule has 72 valence electrons. The van der Waals surface area contributed by atoms with Crippen molar-refractivity contribution in [2.24, 2.45) is 0 Å². The van der Waals surface area contributed by atoms with Crippen molar-refractivity contribution in [2.75, 3.05) is 19.7 Å². The molecule has 0 bridgehead atoms. The lowest BCUT2D eigenvalue weighted by Gasteiger charge is -2.08. The number of nitrogens with one attached hydrogen (secondary N) is 1. The molecule has 3 heteroatoms. The van der Waals surface area contributed by atoms with Gasteiger partial charge >= 0.3 is 0 Å². The van der Waals surface area contributed by atoms with Crippen molar-refractivity contribution < 1.29 is 4.74 Å². The fourth-order valence-corrected chi connectivity index (χ4v) is 2.24. The summed E-state index contributed by atoms with van der Waals surface area (Å²) in [6.45, 7) is 3.01. The second-order valence-electron chi connectivity index (χ2n) is 3.31. The highest BCUT2D eigenvalue weighted by atomic mass is 32.1. The molecule has 2 heterocycles. The quantitative estimate of drug-likeness (QED) is 0.792. The molecule has 0 aromatic carbocycles. The van der Waals surface area contributed by atoms with Crippen LogP contribution >= 0.6 is 11.3 Å². The van der Waals surface area contributed by atoms with E-state index in [1.54, 1.807) is 0 Å². The van der Waals surface area contributed by atoms with E-state index in [9.17, 15) is 0 Å². The minimum absolute atomic E-state index is 0.458. The Balaban J connectivity index is 1.63. The SMILES string of the molecule is c1csc(CCO[C@@H]2CCNC2)c1. The molecule has 1 aliphatic heterocycles. The molecule has 2 rings (SSSR count). The largest absolute Gasteiger partial charge is 0.376 e. The van der Waals surface area contributed by atoms with Crippen LogP contribution in [0.4, 0.5) is 0 Å². The summed E-state index contributed by atoms with van der Waals surface area (Å²) in [5, 5.41) is 5.41. The van der Waals surface area contributed by atoms with Crippen molar-refractivity contribution in [3.8, 4) is 0 Å². The Bertz CT molecular complexity index is 229. The molecule has 1 aliphatic rings. The molecule has 0 radical (unpaired) electrons. The molecule has 0 unspecified atom stereocenters. The summed E-state index contributed by atoms with van der Waals surface area (Å²) in [6.07, 6.45) is 2.69. The molecule has 0 amide bonds. The van der Waals surface area contributed by atoms with Crippen LogP contribution in [0.15, 0.2) is 17.5 Å². The fourth-order valence-electron chi connectivity index (χ4n) is 1.55. The molecule has 1 aromatic heterocycles. The summed E-state index contributed by atoms with van der Waals surface area (Å²) >= 11 is 1.81. The van der Waals surface area contributed by atoms with E-state index in [-0.39, 0.29) is 0 Å². The molecule has 0 aliphatic carbocycles. The first-order valence-electron chi connectivity index (χ1n) is 4.80. The Morgan fingerprint density at radius 3 is 3.31 bits per heavy atom. The molecule has 13 heavy (non-hydrogen) atoms. The summed E-state index contributed by atoms with van der Waals surface area (Å²) < 4.78 is 5.72. The summed E-state index contributed by atoms with van der Waals surface area (Å²) in [6, 6.07) is 4.26. The standard InChI is InChI=1S/C10H15NOS/c1-2-10(13-7-1)4-6-12-9-3-5-11-8-9/h1-2,7,9,11H,3-6,8H2/t9-/m1/s1. The maximum atomic E-state index is 5.72. The first kappa shape index (κ1) is 9.19. The Kier molecular flexibility index (Phi) is 3.35. The average Bonchev–Trinajstić information content (AvgIpc) is 2.75. The van der Waals surface area contributed by atoms with Crippen molar-refractivity contribution >= 4 is 11.3 Å². The van der Waals surface area contributed by atoms with Gasteiger partial charge in [0.05, 0.1) is 12.7 Å². The minimum Gasteiger partial charge on any atom is -0.376 e. The van der Waals surface area contributed by atoms with Crippen LogP contribution in [0.1, 0.15) is 11.3 Å². The van der Waals surface area contributed by atoms with E-state index in [4.69, 9.17) is 4.74 Å². The number of rotatable bonds is 4. The Morgan fingerprint density at radius 2 is 2.62 bits per heavy atom. The van der Waals surface area contributed by atoms with E-state index < -0.39 is 0 Å². The van der Waals surface area contributed by atoms with Gasteiger partial charge in [0.2, 0.25) is 0 Å². The normalized spacial score (nSPS) is 22.3. The Hall–Kier alpha value is -0.380. The van der Waals surface area contributed by atoms with Crippen LogP contribution in [0.25, 0.3) is 0 Å². The highest BCUT2D eigenvalue weighted by molar-refractivity contribution is 7.09. The van der Waals surface area contributed by atoms with E-state index in [1.165, 1.54) is 11.3 Å². The topological polar surface area (TPSA) is 21.3 Å². The van der Waals surface area contributed by atoms with Crippen LogP contribution in [0.5, 0.6) is 0 Å². The zero-order valence-electron chi connectivity index (χ0n) is 7.66. The predicted octanol–water partition coefficient (Wildman–Crippen LogP) is 1.67. The zero-order chi connectivity index (χ0) is 8.93. The van der Waals surface area contributed by atoms with Crippen LogP contribution in [0.2, 0.25) is 0 Å². The summed E-state index contributed by atoms with van der Waals surface area (Å²) in [4.78, 5) is 1.42. The lowest BCUT2D eigenvalue weighted by molar-refractivity contribution is 0.0698. The molecular formula is C10H15NOS. The third-order valence-electron chi connectivity index (χ3n) is 2.30. The highest BCUT2D eigenvalue weighted by Crippen LogP contribution is 2.10. The van der Waals surface area contributed by atoms with E-state index in [1.807, 2.05) is 11.3 Å². The van der Waals surface area contributed by atoms with Crippen molar-refractivity contribution in [3.63, 3.8) is 0 Å². The molecule has 1 N–H and O–H groups in total. The molecule has 0 spiro atoms. The van der Waals surface area contributed by atoms with Crippen LogP contribution in [-0.4, -0.2) is 25.8 Å². The van der Waals surface area contributed by atoms with Gasteiger partial charge in [-0.1, -0.05) is 6.07 Å². The second-order valence-corrected chi connectivity index (χ2v) is 4.35. The second kappa shape index (κ2) is 4.74. The molecule has 1 atom stereocenters. The van der Waals surface area contributed by atoms with Crippen molar-refractivity contribution in [3.05, 3.63) is 22.4 Å². The van der Waals surface area contributed by atoms with Crippen LogP contribution < -0.4 is 5.32 Å². The van der Waals surface area contributed by atoms with E-state index in [0.717, 1.165) is 26.1 Å². The smallest absolute Gasteiger partial charge is 0.0711 e. The van der Waals surface area contributed by atoms with E-state index in [0.29, 0.717) is 6.10 Å². The predicted molar refractivity (Wildman–Crippen MR) is 55.2 cm³/mol. The molecule has 1 fully saturated rings. The zero-order valence-corrected chi connectivity index (χ0v) is 8.48. The van der Waals surface area contributed by atoms with E-state index >= 15 is 0 Å². The third-order valence-corrected chi connectivity index (χ3v) is 3.23. The molecule has 1 aromatic rings. The van der Waals surface area contributed by atoms with Gasteiger partial charge in [0.15, 0.2) is 0 Å². The number of hydrogen-bond donors (Lipinski definition) is 1. The third kappa shape index (κ3) is 2.79. The maximum absolute atomic E-state index is 5.72. The molecular weight excluding hydrogens is 182 g/mol. The summed E-state index contributed by atoms with van der Waals surface area (Å²) in [5.41, 5.74) is 0. The van der Waals surface area contributed by atoms with Gasteiger partial charge in [0.25, 0.3) is 0 Å². The maximum Gasteiger partial charge on any atom is 0.0711 e. The van der Waals surface area contributed by atoms with Crippen LogP contribution in [-0.2, 0) is 11.2 Å². The van der Waals surface area contributed by atoms with Gasteiger partial charge in [0, 0.05) is 17.8 Å². The van der Waals surface area contributed by atoms with Gasteiger partial charge in [-0.25, -0.2) is 0 Å². The monoisotopic (exact) mass is 197 g/mol. The summed E-state index contributed by atoms with van der Waals surface area (Å²) in [5.74, 6) is 0. The lowest BCUT2D eigenvalue weighted by Crippen LogP contribution is -2.17. The first-order valence-corrected chi connectivity index (χ1v) is 5.68. The minimum atomic E-state index is 0.458. The summed E-state index contributed by atoms with van der Waals surface area (Å²) in [7, 11) is 0. The highest BCUT2D eigenvalue weighted by Gasteiger charge is 2.13. The first-order chi connectivity index (χ1) is 6.45. The van der Waals surface area contributed by atoms with Crippen molar-refractivity contribution in [1.29, 1.82) is 0 Å². The van der Waals surface area contributed by atoms with Crippen molar-refractivity contribution in [1.82, 2.24) is 5.32 Å². The fraction of sp³-hybridized carbons (Fsp3) is 0.600. The number of thiophene rings is 1. The molecule has 1 saturated heterocycles. The molecule has 2 nitrogen and oxygen atoms in total. The van der Waals surface area contributed by atoms with Gasteiger partial charge in [0.1, 0.15) is 0 Å². The van der Waals surface area contributed by atoms with Gasteiger partial charge < -0.3 is 10.1 Å². The Morgan fingerprint density at radius 1 is 1.62 bits per heavy atom. The van der Waals surface area contributed by atoms with Gasteiger partial charge in [-0.15, -0.1) is 11.3 Å². The Labute approximate surface area is 82.9 Å². The van der Waals surface area contributed by atoms with Crippen LogP contribution in [0.3, 0.4) is 0 Å². The average molecular weight is 197 g/mol. The lowest BCUT2D eigenvalue weighted by atomic mass is 10.3. The van der Waals surface area contributed by atoms with Gasteiger partial charge in [-0.2, -0.15) is 0 Å².